The molecular formula is C28H26N6O2S. The molecule has 5 rings (SSSR count). The summed E-state index contributed by atoms with van der Waals surface area (Å²) >= 11 is 1.68. The van der Waals surface area contributed by atoms with Crippen LogP contribution in [0, 0.1) is 32.1 Å². The molecule has 3 heterocycles. The topological polar surface area (TPSA) is 105 Å². The molecule has 186 valence electrons. The Morgan fingerprint density at radius 3 is 2.65 bits per heavy atom. The molecule has 9 heteroatoms. The van der Waals surface area contributed by atoms with Crippen LogP contribution >= 0.6 is 11.3 Å². The Morgan fingerprint density at radius 1 is 1.14 bits per heavy atom. The molecule has 0 saturated carbocycles. The molecule has 4 aromatic rings. The van der Waals surface area contributed by atoms with Crippen LogP contribution in [0.5, 0.6) is 0 Å². The highest BCUT2D eigenvalue weighted by molar-refractivity contribution is 7.15. The first kappa shape index (κ1) is 24.4. The number of aliphatic imine (C=N–C) groups is 1. The molecule has 0 spiro atoms. The fraction of sp³-hybridized carbons (Fsp3) is 0.250. The van der Waals surface area contributed by atoms with Crippen molar-refractivity contribution in [3.63, 3.8) is 0 Å². The summed E-state index contributed by atoms with van der Waals surface area (Å²) in [5.74, 6) is 1.07. The van der Waals surface area contributed by atoms with Gasteiger partial charge in [0, 0.05) is 27.4 Å². The molecule has 0 unspecified atom stereocenters. The molecule has 2 aromatic carbocycles. The minimum Gasteiger partial charge on any atom is -0.466 e. The van der Waals surface area contributed by atoms with E-state index in [1.54, 1.807) is 24.3 Å². The number of aryl methyl sites for hydroxylation is 2. The van der Waals surface area contributed by atoms with Crippen molar-refractivity contribution < 1.29 is 9.53 Å². The van der Waals surface area contributed by atoms with Crippen LogP contribution in [-0.2, 0) is 9.53 Å². The average molecular weight is 511 g/mol. The molecule has 0 saturated heterocycles. The number of hydrogen-bond acceptors (Lipinski definition) is 8. The molecule has 0 amide bonds. The van der Waals surface area contributed by atoms with E-state index < -0.39 is 6.04 Å². The number of carbonyl (C=O) groups excluding carboxylic acids is 1. The van der Waals surface area contributed by atoms with Crippen LogP contribution in [0.3, 0.4) is 0 Å². The predicted octanol–water partition coefficient (Wildman–Crippen LogP) is 5.71. The van der Waals surface area contributed by atoms with E-state index in [4.69, 9.17) is 9.73 Å². The van der Waals surface area contributed by atoms with E-state index in [1.807, 2.05) is 54.0 Å². The zero-order valence-corrected chi connectivity index (χ0v) is 21.9. The Labute approximate surface area is 219 Å². The van der Waals surface area contributed by atoms with E-state index >= 15 is 0 Å². The first-order chi connectivity index (χ1) is 17.9. The first-order valence-corrected chi connectivity index (χ1v) is 12.8. The van der Waals surface area contributed by atoms with Crippen molar-refractivity contribution in [3.8, 4) is 11.1 Å². The number of thiophene rings is 1. The van der Waals surface area contributed by atoms with Crippen LogP contribution in [0.25, 0.3) is 5.00 Å². The fourth-order valence-electron chi connectivity index (χ4n) is 4.45. The molecule has 37 heavy (non-hydrogen) atoms. The summed E-state index contributed by atoms with van der Waals surface area (Å²) in [6.07, 6.45) is 0.0807. The molecule has 0 fully saturated rings. The van der Waals surface area contributed by atoms with Crippen molar-refractivity contribution >= 4 is 34.4 Å². The Balaban J connectivity index is 1.58. The Kier molecular flexibility index (Phi) is 6.59. The molecule has 2 aromatic heterocycles. The number of esters is 1. The summed E-state index contributed by atoms with van der Waals surface area (Å²) in [4.78, 5) is 18.8. The van der Waals surface area contributed by atoms with Gasteiger partial charge in [0.25, 0.3) is 0 Å². The second kappa shape index (κ2) is 9.99. The van der Waals surface area contributed by atoms with Gasteiger partial charge in [0.1, 0.15) is 16.9 Å². The third kappa shape index (κ3) is 4.63. The van der Waals surface area contributed by atoms with Crippen LogP contribution in [0.1, 0.15) is 58.2 Å². The van der Waals surface area contributed by atoms with E-state index in [1.165, 1.54) is 4.88 Å². The number of ether oxygens (including phenoxy) is 1. The van der Waals surface area contributed by atoms with Crippen molar-refractivity contribution in [2.75, 3.05) is 11.9 Å². The molecule has 0 radical (unpaired) electrons. The van der Waals surface area contributed by atoms with Crippen LogP contribution in [0.15, 0.2) is 53.5 Å². The van der Waals surface area contributed by atoms with Gasteiger partial charge < -0.3 is 10.1 Å². The van der Waals surface area contributed by atoms with Crippen LogP contribution in [0.4, 0.5) is 11.4 Å². The monoisotopic (exact) mass is 510 g/mol. The van der Waals surface area contributed by atoms with Crippen molar-refractivity contribution in [2.45, 2.75) is 40.2 Å². The van der Waals surface area contributed by atoms with Crippen LogP contribution in [-0.4, -0.2) is 33.1 Å². The largest absolute Gasteiger partial charge is 0.466 e. The van der Waals surface area contributed by atoms with Gasteiger partial charge in [-0.15, -0.1) is 21.5 Å². The highest BCUT2D eigenvalue weighted by atomic mass is 32.1. The summed E-state index contributed by atoms with van der Waals surface area (Å²) in [5.41, 5.74) is 6.25. The zero-order valence-electron chi connectivity index (χ0n) is 21.1. The Morgan fingerprint density at radius 2 is 1.92 bits per heavy atom. The van der Waals surface area contributed by atoms with Gasteiger partial charge in [0.2, 0.25) is 0 Å². The van der Waals surface area contributed by atoms with Gasteiger partial charge in [0.05, 0.1) is 30.4 Å². The van der Waals surface area contributed by atoms with E-state index in [2.05, 4.69) is 35.4 Å². The maximum Gasteiger partial charge on any atom is 0.308 e. The number of hydrogen-bond donors (Lipinski definition) is 1. The van der Waals surface area contributed by atoms with Crippen molar-refractivity contribution in [2.24, 2.45) is 4.99 Å². The molecule has 1 aliphatic rings. The standard InChI is InChI=1S/C28H26N6O2S/c1-5-36-24(35)14-23-27-33-32-18(4)34(27)28-25(16(2)17(3)37-28)26(31-23)20-9-11-21(12-10-20)30-22-8-6-7-19(13-22)15-29/h6-13,23,30H,5,14H2,1-4H3/t23-/m0/s1. The number of nitrogens with one attached hydrogen (secondary N) is 1. The van der Waals surface area contributed by atoms with Crippen molar-refractivity contribution in [3.05, 3.63) is 87.3 Å². The van der Waals surface area contributed by atoms with Gasteiger partial charge in [-0.2, -0.15) is 5.26 Å². The Hall–Kier alpha value is -4.29. The smallest absolute Gasteiger partial charge is 0.308 e. The highest BCUT2D eigenvalue weighted by Gasteiger charge is 2.32. The molecule has 1 N–H and O–H groups in total. The molecule has 1 atom stereocenters. The van der Waals surface area contributed by atoms with E-state index in [0.717, 1.165) is 44.6 Å². The fourth-order valence-corrected chi connectivity index (χ4v) is 5.66. The van der Waals surface area contributed by atoms with Gasteiger partial charge in [-0.25, -0.2) is 0 Å². The average Bonchev–Trinajstić information content (AvgIpc) is 3.37. The lowest BCUT2D eigenvalue weighted by Crippen LogP contribution is -2.13. The summed E-state index contributed by atoms with van der Waals surface area (Å²) in [6, 6.07) is 17.0. The summed E-state index contributed by atoms with van der Waals surface area (Å²) < 4.78 is 7.27. The number of fused-ring (bicyclic) bond motifs is 3. The van der Waals surface area contributed by atoms with Crippen molar-refractivity contribution in [1.29, 1.82) is 5.26 Å². The lowest BCUT2D eigenvalue weighted by Gasteiger charge is -2.13. The SMILES string of the molecule is CCOC(=O)C[C@@H]1N=C(c2ccc(Nc3cccc(C#N)c3)cc2)c2c(sc(C)c2C)-n2c(C)nnc21. The van der Waals surface area contributed by atoms with Gasteiger partial charge in [-0.05, 0) is 63.6 Å². The molecule has 0 aliphatic carbocycles. The van der Waals surface area contributed by atoms with E-state index in [0.29, 0.717) is 18.0 Å². The molecular weight excluding hydrogens is 484 g/mol. The molecule has 1 aliphatic heterocycles. The highest BCUT2D eigenvalue weighted by Crippen LogP contribution is 2.39. The number of rotatable bonds is 6. The Bertz CT molecular complexity index is 1560. The van der Waals surface area contributed by atoms with Crippen LogP contribution < -0.4 is 5.32 Å². The van der Waals surface area contributed by atoms with E-state index in [9.17, 15) is 10.1 Å². The minimum absolute atomic E-state index is 0.0807. The summed E-state index contributed by atoms with van der Waals surface area (Å²) in [7, 11) is 0. The lowest BCUT2D eigenvalue weighted by molar-refractivity contribution is -0.143. The second-order valence-corrected chi connectivity index (χ2v) is 10.0. The minimum atomic E-state index is -0.527. The first-order valence-electron chi connectivity index (χ1n) is 12.0. The van der Waals surface area contributed by atoms with E-state index in [-0.39, 0.29) is 12.4 Å². The quantitative estimate of drug-likeness (QED) is 0.333. The molecule has 8 nitrogen and oxygen atoms in total. The third-order valence-corrected chi connectivity index (χ3v) is 7.54. The van der Waals surface area contributed by atoms with Gasteiger partial charge in [0.15, 0.2) is 5.82 Å². The number of nitriles is 1. The maximum absolute atomic E-state index is 12.5. The normalized spacial score (nSPS) is 14.1. The number of carbonyl (C=O) groups is 1. The van der Waals surface area contributed by atoms with Gasteiger partial charge in [-0.1, -0.05) is 18.2 Å². The maximum atomic E-state index is 12.5. The molecule has 0 bridgehead atoms. The van der Waals surface area contributed by atoms with Gasteiger partial charge >= 0.3 is 5.97 Å². The predicted molar refractivity (Wildman–Crippen MR) is 144 cm³/mol. The van der Waals surface area contributed by atoms with Crippen molar-refractivity contribution in [1.82, 2.24) is 14.8 Å². The zero-order chi connectivity index (χ0) is 26.1. The third-order valence-electron chi connectivity index (χ3n) is 6.34. The number of benzene rings is 2. The van der Waals surface area contributed by atoms with Gasteiger partial charge in [-0.3, -0.25) is 14.4 Å². The summed E-state index contributed by atoms with van der Waals surface area (Å²) in [5, 5.41) is 22.3. The number of anilines is 2. The van der Waals surface area contributed by atoms with Crippen LogP contribution in [0.2, 0.25) is 0 Å². The lowest BCUT2D eigenvalue weighted by atomic mass is 9.99. The summed E-state index contributed by atoms with van der Waals surface area (Å²) in [6.45, 7) is 8.22. The second-order valence-electron chi connectivity index (χ2n) is 8.80. The number of nitrogens with zero attached hydrogens (tertiary/aromatic N) is 5. The number of aromatic nitrogens is 3.